The van der Waals surface area contributed by atoms with E-state index in [0.29, 0.717) is 0 Å². The van der Waals surface area contributed by atoms with Crippen LogP contribution in [-0.4, -0.2) is 0 Å². The number of hydrogen-bond donors (Lipinski definition) is 0. The van der Waals surface area contributed by atoms with Crippen LogP contribution in [0.5, 0.6) is 0 Å². The lowest BCUT2D eigenvalue weighted by atomic mass is 9.86. The summed E-state index contributed by atoms with van der Waals surface area (Å²) in [6, 6.07) is 8.80. The largest absolute Gasteiger partial charge is 0.0953 e. The van der Waals surface area contributed by atoms with E-state index in [1.54, 1.807) is 0 Å². The van der Waals surface area contributed by atoms with Gasteiger partial charge < -0.3 is 0 Å². The monoisotopic (exact) mass is 254 g/mol. The standard InChI is InChI=1S/C19H26/c1-8-14(2)15(3)13-16(4)17-9-11-18(12-10-17)19(5,6)7/h9-13H,2-3,8H2,1,4-7H3/b16-13+. The highest BCUT2D eigenvalue weighted by Crippen LogP contribution is 2.25. The van der Waals surface area contributed by atoms with E-state index in [-0.39, 0.29) is 5.41 Å². The maximum atomic E-state index is 4.07. The molecule has 0 fully saturated rings. The molecule has 1 rings (SSSR count). The van der Waals surface area contributed by atoms with E-state index in [1.165, 1.54) is 16.7 Å². The highest BCUT2D eigenvalue weighted by molar-refractivity contribution is 5.68. The zero-order valence-corrected chi connectivity index (χ0v) is 13.0. The number of rotatable bonds is 4. The van der Waals surface area contributed by atoms with Crippen molar-refractivity contribution < 1.29 is 0 Å². The van der Waals surface area contributed by atoms with Crippen LogP contribution in [0.3, 0.4) is 0 Å². The van der Waals surface area contributed by atoms with Crippen LogP contribution in [0.4, 0.5) is 0 Å². The van der Waals surface area contributed by atoms with Crippen molar-refractivity contribution in [2.45, 2.75) is 46.5 Å². The summed E-state index contributed by atoms with van der Waals surface area (Å²) in [5.74, 6) is 0. The molecule has 0 saturated carbocycles. The maximum Gasteiger partial charge on any atom is -0.0132 e. The maximum absolute atomic E-state index is 4.07. The Morgan fingerprint density at radius 2 is 1.63 bits per heavy atom. The van der Waals surface area contributed by atoms with E-state index in [1.807, 2.05) is 0 Å². The molecule has 0 spiro atoms. The summed E-state index contributed by atoms with van der Waals surface area (Å²) in [5, 5.41) is 0. The summed E-state index contributed by atoms with van der Waals surface area (Å²) < 4.78 is 0. The van der Waals surface area contributed by atoms with Crippen LogP contribution in [0, 0.1) is 0 Å². The minimum atomic E-state index is 0.205. The van der Waals surface area contributed by atoms with Gasteiger partial charge in [-0.15, -0.1) is 0 Å². The smallest absolute Gasteiger partial charge is 0.0132 e. The van der Waals surface area contributed by atoms with Gasteiger partial charge in [-0.2, -0.15) is 0 Å². The molecule has 0 N–H and O–H groups in total. The van der Waals surface area contributed by atoms with E-state index in [4.69, 9.17) is 0 Å². The van der Waals surface area contributed by atoms with Crippen LogP contribution in [0.2, 0.25) is 0 Å². The molecule has 0 radical (unpaired) electrons. The zero-order valence-electron chi connectivity index (χ0n) is 13.0. The highest BCUT2D eigenvalue weighted by Gasteiger charge is 2.12. The second kappa shape index (κ2) is 6.06. The molecule has 0 aliphatic carbocycles. The summed E-state index contributed by atoms with van der Waals surface area (Å²) in [4.78, 5) is 0. The predicted molar refractivity (Wildman–Crippen MR) is 87.4 cm³/mol. The Hall–Kier alpha value is -1.56. The summed E-state index contributed by atoms with van der Waals surface area (Å²) >= 11 is 0. The first kappa shape index (κ1) is 15.5. The first-order valence-electron chi connectivity index (χ1n) is 6.92. The molecule has 1 aromatic carbocycles. The molecule has 0 aliphatic rings. The second-order valence-electron chi connectivity index (χ2n) is 6.14. The van der Waals surface area contributed by atoms with Crippen molar-refractivity contribution in [3.05, 3.63) is 65.8 Å². The van der Waals surface area contributed by atoms with Gasteiger partial charge in [0.2, 0.25) is 0 Å². The van der Waals surface area contributed by atoms with Crippen LogP contribution in [-0.2, 0) is 5.41 Å². The molecule has 0 heteroatoms. The van der Waals surface area contributed by atoms with Gasteiger partial charge in [0, 0.05) is 0 Å². The summed E-state index contributed by atoms with van der Waals surface area (Å²) in [5.41, 5.74) is 6.18. The van der Waals surface area contributed by atoms with Gasteiger partial charge in [-0.1, -0.05) is 71.2 Å². The Morgan fingerprint density at radius 3 is 2.05 bits per heavy atom. The highest BCUT2D eigenvalue weighted by atomic mass is 14.2. The lowest BCUT2D eigenvalue weighted by molar-refractivity contribution is 0.590. The molecule has 1 aromatic rings. The first-order chi connectivity index (χ1) is 8.75. The van der Waals surface area contributed by atoms with Crippen molar-refractivity contribution in [2.75, 3.05) is 0 Å². The number of hydrogen-bond acceptors (Lipinski definition) is 0. The fourth-order valence-electron chi connectivity index (χ4n) is 1.91. The van der Waals surface area contributed by atoms with Gasteiger partial charge in [0.15, 0.2) is 0 Å². The Labute approximate surface area is 118 Å². The predicted octanol–water partition coefficient (Wildman–Crippen LogP) is 5.91. The molecule has 0 nitrogen and oxygen atoms in total. The van der Waals surface area contributed by atoms with Gasteiger partial charge in [-0.25, -0.2) is 0 Å². The quantitative estimate of drug-likeness (QED) is 0.586. The summed E-state index contributed by atoms with van der Waals surface area (Å²) in [6.07, 6.45) is 3.07. The van der Waals surface area contributed by atoms with Gasteiger partial charge in [0.05, 0.1) is 0 Å². The van der Waals surface area contributed by atoms with E-state index < -0.39 is 0 Å². The van der Waals surface area contributed by atoms with Gasteiger partial charge in [0.25, 0.3) is 0 Å². The van der Waals surface area contributed by atoms with Crippen LogP contribution >= 0.6 is 0 Å². The molecule has 102 valence electrons. The van der Waals surface area contributed by atoms with Gasteiger partial charge in [-0.3, -0.25) is 0 Å². The van der Waals surface area contributed by atoms with Crippen molar-refractivity contribution in [1.29, 1.82) is 0 Å². The van der Waals surface area contributed by atoms with Crippen LogP contribution < -0.4 is 0 Å². The molecule has 19 heavy (non-hydrogen) atoms. The molecule has 0 saturated heterocycles. The third kappa shape index (κ3) is 4.24. The average molecular weight is 254 g/mol. The molecular formula is C19H26. The van der Waals surface area contributed by atoms with Crippen molar-refractivity contribution in [3.8, 4) is 0 Å². The Bertz CT molecular complexity index is 490. The van der Waals surface area contributed by atoms with Crippen LogP contribution in [0.1, 0.15) is 52.2 Å². The molecule has 0 aliphatic heterocycles. The molecule has 0 amide bonds. The Kier molecular flexibility index (Phi) is 4.94. The second-order valence-corrected chi connectivity index (χ2v) is 6.14. The summed E-state index contributed by atoms with van der Waals surface area (Å²) in [6.45, 7) is 19.0. The SMILES string of the molecule is C=C(/C=C(\C)c1ccc(C(C)(C)C)cc1)C(=C)CC. The molecular weight excluding hydrogens is 228 g/mol. The first-order valence-corrected chi connectivity index (χ1v) is 6.92. The van der Waals surface area contributed by atoms with E-state index in [0.717, 1.165) is 17.6 Å². The van der Waals surface area contributed by atoms with Gasteiger partial charge >= 0.3 is 0 Å². The van der Waals surface area contributed by atoms with Crippen LogP contribution in [0.25, 0.3) is 5.57 Å². The van der Waals surface area contributed by atoms with Crippen molar-refractivity contribution >= 4 is 5.57 Å². The molecule has 0 bridgehead atoms. The normalized spacial score (nSPS) is 12.4. The van der Waals surface area contributed by atoms with Crippen molar-refractivity contribution in [3.63, 3.8) is 0 Å². The molecule has 0 atom stereocenters. The molecule has 0 heterocycles. The van der Waals surface area contributed by atoms with E-state index >= 15 is 0 Å². The van der Waals surface area contributed by atoms with Gasteiger partial charge in [0.1, 0.15) is 0 Å². The average Bonchev–Trinajstić information content (AvgIpc) is 2.36. The third-order valence-electron chi connectivity index (χ3n) is 3.48. The van der Waals surface area contributed by atoms with Crippen molar-refractivity contribution in [1.82, 2.24) is 0 Å². The lowest BCUT2D eigenvalue weighted by Crippen LogP contribution is -2.10. The van der Waals surface area contributed by atoms with E-state index in [9.17, 15) is 0 Å². The van der Waals surface area contributed by atoms with Gasteiger partial charge in [-0.05, 0) is 46.6 Å². The number of allylic oxidation sites excluding steroid dienone is 4. The summed E-state index contributed by atoms with van der Waals surface area (Å²) in [7, 11) is 0. The molecule has 0 unspecified atom stereocenters. The minimum Gasteiger partial charge on any atom is -0.0953 e. The lowest BCUT2D eigenvalue weighted by Gasteiger charge is -2.19. The Morgan fingerprint density at radius 1 is 1.11 bits per heavy atom. The zero-order chi connectivity index (χ0) is 14.6. The molecule has 0 aromatic heterocycles. The number of benzene rings is 1. The third-order valence-corrected chi connectivity index (χ3v) is 3.48. The topological polar surface area (TPSA) is 0 Å². The fourth-order valence-corrected chi connectivity index (χ4v) is 1.91. The van der Waals surface area contributed by atoms with Crippen molar-refractivity contribution in [2.24, 2.45) is 0 Å². The van der Waals surface area contributed by atoms with E-state index in [2.05, 4.69) is 78.1 Å². The minimum absolute atomic E-state index is 0.205. The Balaban J connectivity index is 2.96. The van der Waals surface area contributed by atoms with Crippen LogP contribution in [0.15, 0.2) is 54.6 Å². The fraction of sp³-hybridized carbons (Fsp3) is 0.368.